The van der Waals surface area contributed by atoms with E-state index < -0.39 is 0 Å². The zero-order valence-electron chi connectivity index (χ0n) is 9.03. The lowest BCUT2D eigenvalue weighted by Gasteiger charge is -2.06. The second-order valence-electron chi connectivity index (χ2n) is 3.42. The van der Waals surface area contributed by atoms with E-state index >= 15 is 0 Å². The van der Waals surface area contributed by atoms with E-state index in [0.29, 0.717) is 11.6 Å². The number of hydrogen-bond acceptors (Lipinski definition) is 2. The topological polar surface area (TPSA) is 35.2 Å². The minimum Gasteiger partial charge on any atom is -0.494 e. The molecule has 0 amide bonds. The molecule has 15 heavy (non-hydrogen) atoms. The van der Waals surface area contributed by atoms with Gasteiger partial charge < -0.3 is 10.5 Å². The molecule has 0 aliphatic rings. The lowest BCUT2D eigenvalue weighted by atomic mass is 10.2. The lowest BCUT2D eigenvalue weighted by molar-refractivity contribution is 0.313. The first-order chi connectivity index (χ1) is 7.22. The summed E-state index contributed by atoms with van der Waals surface area (Å²) < 4.78 is 5.54. The van der Waals surface area contributed by atoms with Gasteiger partial charge in [0.2, 0.25) is 0 Å². The van der Waals surface area contributed by atoms with Gasteiger partial charge in [-0.3, -0.25) is 0 Å². The van der Waals surface area contributed by atoms with E-state index in [-0.39, 0.29) is 0 Å². The Morgan fingerprint density at radius 2 is 2.00 bits per heavy atom. The number of hydrogen-bond donors (Lipinski definition) is 1. The molecule has 0 atom stereocenters. The number of rotatable bonds is 6. The third-order valence-corrected chi connectivity index (χ3v) is 2.37. The molecule has 1 aromatic carbocycles. The third-order valence-electron chi connectivity index (χ3n) is 2.17. The maximum absolute atomic E-state index is 5.54. The molecule has 2 nitrogen and oxygen atoms in total. The van der Waals surface area contributed by atoms with Gasteiger partial charge in [-0.2, -0.15) is 0 Å². The van der Waals surface area contributed by atoms with Crippen molar-refractivity contribution in [3.05, 3.63) is 29.8 Å². The van der Waals surface area contributed by atoms with Crippen LogP contribution in [-0.4, -0.2) is 11.6 Å². The van der Waals surface area contributed by atoms with Crippen molar-refractivity contribution in [3.63, 3.8) is 0 Å². The van der Waals surface area contributed by atoms with E-state index in [9.17, 15) is 0 Å². The highest BCUT2D eigenvalue weighted by molar-refractivity contribution is 7.80. The molecule has 0 heterocycles. The third kappa shape index (κ3) is 4.79. The van der Waals surface area contributed by atoms with Crippen LogP contribution in [0.15, 0.2) is 24.3 Å². The van der Waals surface area contributed by atoms with Crippen LogP contribution in [-0.2, 0) is 6.42 Å². The van der Waals surface area contributed by atoms with Crippen LogP contribution in [0.3, 0.4) is 0 Å². The maximum atomic E-state index is 5.54. The summed E-state index contributed by atoms with van der Waals surface area (Å²) in [6.45, 7) is 2.81. The molecule has 82 valence electrons. The molecule has 0 aliphatic heterocycles. The van der Waals surface area contributed by atoms with Gasteiger partial charge >= 0.3 is 0 Å². The molecular formula is C12H17NOS. The van der Waals surface area contributed by atoms with Crippen LogP contribution in [0.4, 0.5) is 0 Å². The Bertz CT molecular complexity index is 308. The first-order valence-electron chi connectivity index (χ1n) is 5.22. The first-order valence-corrected chi connectivity index (χ1v) is 5.63. The Balaban J connectivity index is 2.28. The zero-order valence-corrected chi connectivity index (χ0v) is 9.85. The fraction of sp³-hybridized carbons (Fsp3) is 0.417. The van der Waals surface area contributed by atoms with Crippen LogP contribution >= 0.6 is 12.2 Å². The Hall–Kier alpha value is -1.09. The molecule has 2 N–H and O–H groups in total. The standard InChI is InChI=1S/C12H17NOS/c1-2-10-5-7-11(8-6-10)14-9-3-4-12(13)15/h5-8H,2-4,9H2,1H3,(H2,13,15). The molecule has 0 saturated heterocycles. The molecule has 0 spiro atoms. The molecule has 0 unspecified atom stereocenters. The summed E-state index contributed by atoms with van der Waals surface area (Å²) in [5.74, 6) is 0.912. The van der Waals surface area contributed by atoms with Crippen molar-refractivity contribution in [2.24, 2.45) is 5.73 Å². The summed E-state index contributed by atoms with van der Waals surface area (Å²) in [6.07, 6.45) is 2.69. The predicted molar refractivity (Wildman–Crippen MR) is 67.3 cm³/mol. The van der Waals surface area contributed by atoms with Gasteiger partial charge in [0.15, 0.2) is 0 Å². The second kappa shape index (κ2) is 6.40. The lowest BCUT2D eigenvalue weighted by Crippen LogP contribution is -2.09. The normalized spacial score (nSPS) is 9.93. The van der Waals surface area contributed by atoms with E-state index in [4.69, 9.17) is 22.7 Å². The molecule has 0 aliphatic carbocycles. The Morgan fingerprint density at radius 1 is 1.33 bits per heavy atom. The molecule has 0 saturated carbocycles. The molecule has 1 aromatic rings. The van der Waals surface area contributed by atoms with Gasteiger partial charge in [-0.25, -0.2) is 0 Å². The van der Waals surface area contributed by atoms with Crippen molar-refractivity contribution in [1.82, 2.24) is 0 Å². The summed E-state index contributed by atoms with van der Waals surface area (Å²) >= 11 is 4.78. The number of aryl methyl sites for hydroxylation is 1. The Labute approximate surface area is 96.4 Å². The number of ether oxygens (including phenoxy) is 1. The molecule has 0 aromatic heterocycles. The monoisotopic (exact) mass is 223 g/mol. The molecule has 3 heteroatoms. The summed E-state index contributed by atoms with van der Waals surface area (Å²) in [5.41, 5.74) is 6.71. The van der Waals surface area contributed by atoms with Crippen LogP contribution in [0.1, 0.15) is 25.3 Å². The van der Waals surface area contributed by atoms with Crippen molar-refractivity contribution in [1.29, 1.82) is 0 Å². The highest BCUT2D eigenvalue weighted by Crippen LogP contribution is 2.12. The quantitative estimate of drug-likeness (QED) is 0.595. The smallest absolute Gasteiger partial charge is 0.119 e. The largest absolute Gasteiger partial charge is 0.494 e. The fourth-order valence-corrected chi connectivity index (χ4v) is 1.40. The molecule has 0 radical (unpaired) electrons. The SMILES string of the molecule is CCc1ccc(OCCCC(N)=S)cc1. The molecule has 0 bridgehead atoms. The van der Waals surface area contributed by atoms with Crippen molar-refractivity contribution in [3.8, 4) is 5.75 Å². The van der Waals surface area contributed by atoms with E-state index in [1.54, 1.807) is 0 Å². The van der Waals surface area contributed by atoms with Crippen molar-refractivity contribution >= 4 is 17.2 Å². The van der Waals surface area contributed by atoms with Gasteiger partial charge in [-0.15, -0.1) is 0 Å². The van der Waals surface area contributed by atoms with Gasteiger partial charge in [0.1, 0.15) is 5.75 Å². The maximum Gasteiger partial charge on any atom is 0.119 e. The van der Waals surface area contributed by atoms with Crippen molar-refractivity contribution < 1.29 is 4.74 Å². The number of nitrogens with two attached hydrogens (primary N) is 1. The Morgan fingerprint density at radius 3 is 2.53 bits per heavy atom. The van der Waals surface area contributed by atoms with E-state index in [1.165, 1.54) is 5.56 Å². The van der Waals surface area contributed by atoms with Gasteiger partial charge in [0, 0.05) is 6.42 Å². The predicted octanol–water partition coefficient (Wildman–Crippen LogP) is 2.69. The van der Waals surface area contributed by atoms with Crippen LogP contribution < -0.4 is 10.5 Å². The van der Waals surface area contributed by atoms with Crippen LogP contribution in [0.2, 0.25) is 0 Å². The first kappa shape index (κ1) is 12.0. The average molecular weight is 223 g/mol. The summed E-state index contributed by atoms with van der Waals surface area (Å²) in [4.78, 5) is 0.555. The summed E-state index contributed by atoms with van der Waals surface area (Å²) in [6, 6.07) is 8.17. The Kier molecular flexibility index (Phi) is 5.12. The highest BCUT2D eigenvalue weighted by Gasteiger charge is 1.95. The van der Waals surface area contributed by atoms with Crippen LogP contribution in [0, 0.1) is 0 Å². The number of thiocarbonyl (C=S) groups is 1. The van der Waals surface area contributed by atoms with Gasteiger partial charge in [0.25, 0.3) is 0 Å². The minimum atomic E-state index is 0.555. The van der Waals surface area contributed by atoms with E-state index in [0.717, 1.165) is 25.0 Å². The van der Waals surface area contributed by atoms with E-state index in [1.807, 2.05) is 12.1 Å². The average Bonchev–Trinajstić information content (AvgIpc) is 2.25. The second-order valence-corrected chi connectivity index (χ2v) is 3.94. The fourth-order valence-electron chi connectivity index (χ4n) is 1.26. The molecule has 0 fully saturated rings. The van der Waals surface area contributed by atoms with Gasteiger partial charge in [-0.05, 0) is 30.5 Å². The summed E-state index contributed by atoms with van der Waals surface area (Å²) in [7, 11) is 0. The van der Waals surface area contributed by atoms with Gasteiger partial charge in [-0.1, -0.05) is 31.3 Å². The minimum absolute atomic E-state index is 0.555. The number of benzene rings is 1. The zero-order chi connectivity index (χ0) is 11.1. The van der Waals surface area contributed by atoms with Crippen LogP contribution in [0.25, 0.3) is 0 Å². The van der Waals surface area contributed by atoms with Crippen LogP contribution in [0.5, 0.6) is 5.75 Å². The molecular weight excluding hydrogens is 206 g/mol. The van der Waals surface area contributed by atoms with Crippen molar-refractivity contribution in [2.45, 2.75) is 26.2 Å². The molecule has 1 rings (SSSR count). The summed E-state index contributed by atoms with van der Waals surface area (Å²) in [5, 5.41) is 0. The highest BCUT2D eigenvalue weighted by atomic mass is 32.1. The van der Waals surface area contributed by atoms with Gasteiger partial charge in [0.05, 0.1) is 11.6 Å². The van der Waals surface area contributed by atoms with E-state index in [2.05, 4.69) is 19.1 Å². The van der Waals surface area contributed by atoms with Crippen molar-refractivity contribution in [2.75, 3.05) is 6.61 Å².